The number of para-hydroxylation sites is 1. The molecule has 0 radical (unpaired) electrons. The second-order valence-electron chi connectivity index (χ2n) is 14.5. The van der Waals surface area contributed by atoms with Crippen LogP contribution in [0.4, 0.5) is 0 Å². The second kappa shape index (κ2) is 13.8. The van der Waals surface area contributed by atoms with Crippen LogP contribution in [0.25, 0.3) is 56.1 Å². The molecular weight excluding hydrogens is 637 g/mol. The molecule has 0 spiro atoms. The van der Waals surface area contributed by atoms with Crippen molar-refractivity contribution in [2.75, 3.05) is 0 Å². The highest BCUT2D eigenvalue weighted by atomic mass is 16.3. The summed E-state index contributed by atoms with van der Waals surface area (Å²) in [7, 11) is 0. The lowest BCUT2D eigenvalue weighted by Gasteiger charge is -2.21. The summed E-state index contributed by atoms with van der Waals surface area (Å²) in [4.78, 5) is 9.95. The van der Waals surface area contributed by atoms with E-state index in [9.17, 15) is 5.11 Å². The summed E-state index contributed by atoms with van der Waals surface area (Å²) in [5, 5.41) is 11.8. The molecule has 0 aliphatic rings. The minimum Gasteiger partial charge on any atom is -0.507 e. The number of aromatic nitrogens is 2. The molecule has 254 valence electrons. The van der Waals surface area contributed by atoms with Crippen molar-refractivity contribution in [1.29, 1.82) is 0 Å². The van der Waals surface area contributed by atoms with Gasteiger partial charge in [-0.2, -0.15) is 0 Å². The average Bonchev–Trinajstić information content (AvgIpc) is 3.61. The summed E-state index contributed by atoms with van der Waals surface area (Å²) in [5.74, 6) is 0.587. The number of benzene rings is 6. The van der Waals surface area contributed by atoms with Crippen LogP contribution < -0.4 is 0 Å². The molecule has 52 heavy (non-hydrogen) atoms. The smallest absolute Gasteiger partial charge is 0.231 e. The van der Waals surface area contributed by atoms with E-state index in [1.165, 1.54) is 11.1 Å². The lowest BCUT2D eigenvalue weighted by molar-refractivity contribution is 0.468. The molecule has 0 aliphatic heterocycles. The minimum absolute atomic E-state index is 0.106. The maximum atomic E-state index is 11.8. The van der Waals surface area contributed by atoms with Gasteiger partial charge >= 0.3 is 0 Å². The van der Waals surface area contributed by atoms with Crippen molar-refractivity contribution >= 4 is 11.1 Å². The molecule has 4 heteroatoms. The largest absolute Gasteiger partial charge is 0.507 e. The molecule has 8 aromatic rings. The van der Waals surface area contributed by atoms with Gasteiger partial charge in [-0.05, 0) is 92.7 Å². The molecule has 4 nitrogen and oxygen atoms in total. The Morgan fingerprint density at radius 3 is 1.94 bits per heavy atom. The number of rotatable bonds is 8. The van der Waals surface area contributed by atoms with Crippen molar-refractivity contribution in [2.24, 2.45) is 0 Å². The summed E-state index contributed by atoms with van der Waals surface area (Å²) in [6, 6.07) is 52.1. The summed E-state index contributed by atoms with van der Waals surface area (Å²) in [6.45, 7) is 6.70. The zero-order chi connectivity index (χ0) is 35.7. The van der Waals surface area contributed by atoms with Gasteiger partial charge in [0.05, 0.1) is 11.3 Å². The molecular formula is C48H40N2O2. The molecule has 2 aromatic heterocycles. The van der Waals surface area contributed by atoms with Crippen LogP contribution in [0.2, 0.25) is 0 Å². The molecule has 0 atom stereocenters. The Bertz CT molecular complexity index is 2500. The number of phenolic OH excluding ortho intramolecular Hbond substituents is 1. The van der Waals surface area contributed by atoms with Gasteiger partial charge < -0.3 is 9.52 Å². The van der Waals surface area contributed by atoms with Crippen LogP contribution in [0.5, 0.6) is 5.75 Å². The van der Waals surface area contributed by atoms with Crippen LogP contribution >= 0.6 is 0 Å². The van der Waals surface area contributed by atoms with Gasteiger partial charge in [-0.3, -0.25) is 4.98 Å². The summed E-state index contributed by atoms with van der Waals surface area (Å²) >= 11 is 0. The molecule has 0 saturated heterocycles. The third-order valence-corrected chi connectivity index (χ3v) is 9.66. The van der Waals surface area contributed by atoms with Crippen molar-refractivity contribution in [1.82, 2.24) is 9.97 Å². The monoisotopic (exact) mass is 676 g/mol. The number of oxazole rings is 1. The van der Waals surface area contributed by atoms with Gasteiger partial charge in [0.25, 0.3) is 0 Å². The fraction of sp³-hybridized carbons (Fsp3) is 0.125. The van der Waals surface area contributed by atoms with E-state index in [4.69, 9.17) is 14.4 Å². The van der Waals surface area contributed by atoms with Crippen LogP contribution in [0.15, 0.2) is 162 Å². The molecule has 0 amide bonds. The number of pyridine rings is 1. The molecule has 2 heterocycles. The normalized spacial score (nSPS) is 11.6. The second-order valence-corrected chi connectivity index (χ2v) is 14.5. The van der Waals surface area contributed by atoms with Gasteiger partial charge in [0.1, 0.15) is 11.3 Å². The minimum atomic E-state index is -0.106. The first-order valence-corrected chi connectivity index (χ1v) is 17.8. The van der Waals surface area contributed by atoms with Gasteiger partial charge in [0.2, 0.25) is 5.89 Å². The standard InChI is InChI=1S/C48H40N2O2/c1-48(2,3)40-29-37(28-38(30-40)43-31-36(22-23-49-43)35-18-11-6-12-19-35)41-20-13-21-44-45(41)50-47(52-44)42-27-34(24-32-14-7-4-8-15-32)26-39(46(42)51)25-33-16-9-5-10-17-33/h4-23,26-31,51H,24-25H2,1-3H3. The van der Waals surface area contributed by atoms with Crippen LogP contribution in [-0.2, 0) is 18.3 Å². The van der Waals surface area contributed by atoms with E-state index in [1.54, 1.807) is 0 Å². The third kappa shape index (κ3) is 6.88. The Labute approximate surface area is 305 Å². The molecule has 0 aliphatic carbocycles. The van der Waals surface area contributed by atoms with E-state index in [0.29, 0.717) is 23.5 Å². The number of hydrogen-bond donors (Lipinski definition) is 1. The first-order valence-electron chi connectivity index (χ1n) is 17.8. The lowest BCUT2D eigenvalue weighted by atomic mass is 9.83. The Balaban J connectivity index is 1.25. The van der Waals surface area contributed by atoms with E-state index >= 15 is 0 Å². The summed E-state index contributed by atoms with van der Waals surface area (Å²) in [6.07, 6.45) is 3.20. The first-order chi connectivity index (χ1) is 25.3. The van der Waals surface area contributed by atoms with E-state index in [0.717, 1.165) is 62.1 Å². The summed E-state index contributed by atoms with van der Waals surface area (Å²) < 4.78 is 6.50. The topological polar surface area (TPSA) is 59.2 Å². The SMILES string of the molecule is CC(C)(C)c1cc(-c2cc(-c3ccccc3)ccn2)cc(-c2cccc3oc(-c4cc(Cc5ccccc5)cc(Cc5ccccc5)c4O)nc23)c1. The number of fused-ring (bicyclic) bond motifs is 1. The van der Waals surface area contributed by atoms with Crippen LogP contribution in [0, 0.1) is 0 Å². The van der Waals surface area contributed by atoms with Crippen LogP contribution in [-0.4, -0.2) is 15.1 Å². The fourth-order valence-corrected chi connectivity index (χ4v) is 6.87. The zero-order valence-corrected chi connectivity index (χ0v) is 29.7. The number of aromatic hydroxyl groups is 1. The maximum Gasteiger partial charge on any atom is 0.231 e. The highest BCUT2D eigenvalue weighted by molar-refractivity contribution is 5.93. The molecule has 0 unspecified atom stereocenters. The third-order valence-electron chi connectivity index (χ3n) is 9.66. The molecule has 0 fully saturated rings. The van der Waals surface area contributed by atoms with E-state index < -0.39 is 0 Å². The van der Waals surface area contributed by atoms with Gasteiger partial charge in [0.15, 0.2) is 5.58 Å². The van der Waals surface area contributed by atoms with E-state index in [2.05, 4.69) is 124 Å². The van der Waals surface area contributed by atoms with Gasteiger partial charge in [-0.25, -0.2) is 4.98 Å². The molecule has 6 aromatic carbocycles. The number of hydrogen-bond acceptors (Lipinski definition) is 4. The highest BCUT2D eigenvalue weighted by Gasteiger charge is 2.22. The molecule has 0 saturated carbocycles. The van der Waals surface area contributed by atoms with Crippen molar-refractivity contribution in [3.05, 3.63) is 186 Å². The molecule has 0 bridgehead atoms. The predicted molar refractivity (Wildman–Crippen MR) is 212 cm³/mol. The van der Waals surface area contributed by atoms with Crippen molar-refractivity contribution < 1.29 is 9.52 Å². The molecule has 8 rings (SSSR count). The lowest BCUT2D eigenvalue weighted by Crippen LogP contribution is -2.11. The summed E-state index contributed by atoms with van der Waals surface area (Å²) in [5.41, 5.74) is 13.6. The van der Waals surface area contributed by atoms with Crippen molar-refractivity contribution in [3.8, 4) is 50.7 Å². The van der Waals surface area contributed by atoms with Crippen molar-refractivity contribution in [2.45, 2.75) is 39.0 Å². The quantitative estimate of drug-likeness (QED) is 0.174. The van der Waals surface area contributed by atoms with E-state index in [1.807, 2.05) is 54.7 Å². The first kappa shape index (κ1) is 32.9. The number of phenols is 1. The maximum absolute atomic E-state index is 11.8. The molecule has 1 N–H and O–H groups in total. The Kier molecular flexibility index (Phi) is 8.74. The average molecular weight is 677 g/mol. The highest BCUT2D eigenvalue weighted by Crippen LogP contribution is 2.40. The zero-order valence-electron chi connectivity index (χ0n) is 29.7. The Morgan fingerprint density at radius 2 is 1.23 bits per heavy atom. The fourth-order valence-electron chi connectivity index (χ4n) is 6.87. The Morgan fingerprint density at radius 1 is 0.558 bits per heavy atom. The van der Waals surface area contributed by atoms with Crippen molar-refractivity contribution in [3.63, 3.8) is 0 Å². The van der Waals surface area contributed by atoms with Gasteiger partial charge in [-0.1, -0.05) is 136 Å². The van der Waals surface area contributed by atoms with E-state index in [-0.39, 0.29) is 11.2 Å². The van der Waals surface area contributed by atoms with Crippen LogP contribution in [0.3, 0.4) is 0 Å². The number of nitrogens with zero attached hydrogens (tertiary/aromatic N) is 2. The Hall–Kier alpha value is -6.26. The van der Waals surface area contributed by atoms with Gasteiger partial charge in [0, 0.05) is 23.7 Å². The predicted octanol–water partition coefficient (Wildman–Crippen LogP) is 12.1. The van der Waals surface area contributed by atoms with Gasteiger partial charge in [-0.15, -0.1) is 0 Å². The van der Waals surface area contributed by atoms with Crippen LogP contribution in [0.1, 0.15) is 48.6 Å².